The Morgan fingerprint density at radius 3 is 2.38 bits per heavy atom. The van der Waals surface area contributed by atoms with Crippen LogP contribution in [0.15, 0.2) is 46.7 Å². The number of benzene rings is 2. The average molecular weight is 470 g/mol. The highest BCUT2D eigenvalue weighted by atomic mass is 32.2. The maximum Gasteiger partial charge on any atom is 0.244 e. The molecule has 8 heteroatoms. The highest BCUT2D eigenvalue weighted by molar-refractivity contribution is 7.89. The molecule has 1 saturated heterocycles. The summed E-state index contributed by atoms with van der Waals surface area (Å²) in [5, 5.41) is 5.25. The number of hydrogen-bond acceptors (Lipinski definition) is 5. The van der Waals surface area contributed by atoms with Crippen molar-refractivity contribution in [2.45, 2.75) is 51.5 Å². The fourth-order valence-corrected chi connectivity index (χ4v) is 6.72. The van der Waals surface area contributed by atoms with Crippen molar-refractivity contribution in [2.24, 2.45) is 0 Å². The van der Waals surface area contributed by atoms with Crippen LogP contribution in [0.2, 0.25) is 0 Å². The molecule has 1 aromatic heterocycles. The summed E-state index contributed by atoms with van der Waals surface area (Å²) in [5.41, 5.74) is 6.34. The SMILES string of the molecule is Cc1ccc(S(=O)(=O)N2CCCC2C(=O)Nc2nc(-c3c(C)cc(C)cc3C)cs2)cc1. The van der Waals surface area contributed by atoms with Gasteiger partial charge in [-0.15, -0.1) is 11.3 Å². The van der Waals surface area contributed by atoms with Gasteiger partial charge < -0.3 is 5.32 Å². The van der Waals surface area contributed by atoms with E-state index in [1.165, 1.54) is 21.2 Å². The van der Waals surface area contributed by atoms with E-state index >= 15 is 0 Å². The summed E-state index contributed by atoms with van der Waals surface area (Å²) >= 11 is 1.35. The zero-order valence-corrected chi connectivity index (χ0v) is 20.3. The molecule has 2 aromatic carbocycles. The molecule has 1 unspecified atom stereocenters. The van der Waals surface area contributed by atoms with Crippen molar-refractivity contribution in [3.05, 3.63) is 64.0 Å². The fraction of sp³-hybridized carbons (Fsp3) is 0.333. The van der Waals surface area contributed by atoms with E-state index in [0.29, 0.717) is 24.5 Å². The first-order chi connectivity index (χ1) is 15.2. The summed E-state index contributed by atoms with van der Waals surface area (Å²) in [5.74, 6) is -0.337. The van der Waals surface area contributed by atoms with Gasteiger partial charge >= 0.3 is 0 Å². The number of rotatable bonds is 5. The quantitative estimate of drug-likeness (QED) is 0.580. The Balaban J connectivity index is 1.54. The van der Waals surface area contributed by atoms with Gasteiger partial charge in [0.2, 0.25) is 15.9 Å². The van der Waals surface area contributed by atoms with Crippen LogP contribution in [0.25, 0.3) is 11.3 Å². The predicted molar refractivity (Wildman–Crippen MR) is 128 cm³/mol. The van der Waals surface area contributed by atoms with Crippen molar-refractivity contribution in [3.63, 3.8) is 0 Å². The zero-order chi connectivity index (χ0) is 23.0. The Bertz CT molecular complexity index is 1240. The summed E-state index contributed by atoms with van der Waals surface area (Å²) in [7, 11) is -3.74. The largest absolute Gasteiger partial charge is 0.301 e. The number of nitrogens with one attached hydrogen (secondary N) is 1. The molecule has 4 rings (SSSR count). The molecule has 2 heterocycles. The summed E-state index contributed by atoms with van der Waals surface area (Å²) in [6.45, 7) is 8.41. The molecule has 1 aliphatic heterocycles. The normalized spacial score (nSPS) is 16.9. The Morgan fingerprint density at radius 1 is 1.06 bits per heavy atom. The lowest BCUT2D eigenvalue weighted by atomic mass is 9.98. The molecule has 3 aromatic rings. The van der Waals surface area contributed by atoms with Crippen LogP contribution in [-0.2, 0) is 14.8 Å². The second-order valence-electron chi connectivity index (χ2n) is 8.39. The van der Waals surface area contributed by atoms with Gasteiger partial charge in [0, 0.05) is 17.5 Å². The summed E-state index contributed by atoms with van der Waals surface area (Å²) in [4.78, 5) is 17.9. The smallest absolute Gasteiger partial charge is 0.244 e. The second kappa shape index (κ2) is 8.77. The molecule has 6 nitrogen and oxygen atoms in total. The van der Waals surface area contributed by atoms with Gasteiger partial charge in [0.15, 0.2) is 5.13 Å². The molecule has 1 aliphatic rings. The summed E-state index contributed by atoms with van der Waals surface area (Å²) in [6.07, 6.45) is 1.14. The lowest BCUT2D eigenvalue weighted by Crippen LogP contribution is -2.43. The van der Waals surface area contributed by atoms with E-state index in [9.17, 15) is 13.2 Å². The minimum absolute atomic E-state index is 0.213. The van der Waals surface area contributed by atoms with Gasteiger partial charge in [-0.3, -0.25) is 4.79 Å². The standard InChI is InChI=1S/C24H27N3O3S2/c1-15-7-9-19(10-8-15)32(29,30)27-11-5-6-21(27)23(28)26-24-25-20(14-31-24)22-17(3)12-16(2)13-18(22)4/h7-10,12-14,21H,5-6,11H2,1-4H3,(H,25,26,28). The third kappa shape index (κ3) is 4.35. The van der Waals surface area contributed by atoms with E-state index in [2.05, 4.69) is 43.2 Å². The van der Waals surface area contributed by atoms with Crippen LogP contribution in [0.3, 0.4) is 0 Å². The molecule has 0 aliphatic carbocycles. The van der Waals surface area contributed by atoms with Crippen LogP contribution in [0, 0.1) is 27.7 Å². The van der Waals surface area contributed by atoms with E-state index < -0.39 is 16.1 Å². The predicted octanol–water partition coefficient (Wildman–Crippen LogP) is 4.84. The first-order valence-corrected chi connectivity index (χ1v) is 12.9. The molecule has 1 atom stereocenters. The number of aromatic nitrogens is 1. The lowest BCUT2D eigenvalue weighted by molar-refractivity contribution is -0.119. The topological polar surface area (TPSA) is 79.4 Å². The van der Waals surface area contributed by atoms with E-state index in [1.54, 1.807) is 24.3 Å². The summed E-state index contributed by atoms with van der Waals surface area (Å²) < 4.78 is 27.6. The van der Waals surface area contributed by atoms with E-state index in [4.69, 9.17) is 0 Å². The third-order valence-electron chi connectivity index (χ3n) is 5.80. The molecular weight excluding hydrogens is 442 g/mol. The Hall–Kier alpha value is -2.55. The van der Waals surface area contributed by atoms with Crippen LogP contribution in [0.4, 0.5) is 5.13 Å². The minimum atomic E-state index is -3.74. The number of thiazole rings is 1. The molecule has 1 amide bonds. The van der Waals surface area contributed by atoms with Crippen molar-refractivity contribution >= 4 is 32.4 Å². The van der Waals surface area contributed by atoms with Crippen LogP contribution in [-0.4, -0.2) is 36.2 Å². The highest BCUT2D eigenvalue weighted by Crippen LogP contribution is 2.32. The van der Waals surface area contributed by atoms with Crippen LogP contribution in [0.1, 0.15) is 35.1 Å². The van der Waals surface area contributed by atoms with Gasteiger partial charge in [-0.1, -0.05) is 35.4 Å². The van der Waals surface area contributed by atoms with E-state index in [0.717, 1.165) is 27.9 Å². The molecule has 1 fully saturated rings. The molecule has 0 radical (unpaired) electrons. The second-order valence-corrected chi connectivity index (χ2v) is 11.1. The number of hydrogen-bond donors (Lipinski definition) is 1. The number of carbonyl (C=O) groups excluding carboxylic acids is 1. The van der Waals surface area contributed by atoms with E-state index in [-0.39, 0.29) is 10.8 Å². The Labute approximate surface area is 193 Å². The maximum atomic E-state index is 13.1. The van der Waals surface area contributed by atoms with Crippen molar-refractivity contribution in [2.75, 3.05) is 11.9 Å². The monoisotopic (exact) mass is 469 g/mol. The van der Waals surface area contributed by atoms with Crippen molar-refractivity contribution < 1.29 is 13.2 Å². The molecule has 0 spiro atoms. The van der Waals surface area contributed by atoms with E-state index in [1.807, 2.05) is 12.3 Å². The van der Waals surface area contributed by atoms with Crippen molar-refractivity contribution in [3.8, 4) is 11.3 Å². The average Bonchev–Trinajstić information content (AvgIpc) is 3.38. The van der Waals surface area contributed by atoms with Gasteiger partial charge in [0.1, 0.15) is 6.04 Å². The first kappa shape index (κ1) is 22.6. The molecule has 168 valence electrons. The molecular formula is C24H27N3O3S2. The number of nitrogens with zero attached hydrogens (tertiary/aromatic N) is 2. The third-order valence-corrected chi connectivity index (χ3v) is 8.48. The van der Waals surface area contributed by atoms with Gasteiger partial charge in [-0.25, -0.2) is 13.4 Å². The van der Waals surface area contributed by atoms with Gasteiger partial charge in [0.25, 0.3) is 0 Å². The molecule has 1 N–H and O–H groups in total. The van der Waals surface area contributed by atoms with Gasteiger partial charge in [0.05, 0.1) is 10.6 Å². The number of amides is 1. The summed E-state index contributed by atoms with van der Waals surface area (Å²) in [6, 6.07) is 10.2. The van der Waals surface area contributed by atoms with Crippen LogP contribution in [0.5, 0.6) is 0 Å². The minimum Gasteiger partial charge on any atom is -0.301 e. The van der Waals surface area contributed by atoms with Gasteiger partial charge in [-0.05, 0) is 63.8 Å². The molecule has 32 heavy (non-hydrogen) atoms. The highest BCUT2D eigenvalue weighted by Gasteiger charge is 2.39. The van der Waals surface area contributed by atoms with Crippen LogP contribution < -0.4 is 5.32 Å². The van der Waals surface area contributed by atoms with Crippen molar-refractivity contribution in [1.29, 1.82) is 0 Å². The number of sulfonamides is 1. The number of aryl methyl sites for hydroxylation is 4. The van der Waals surface area contributed by atoms with Crippen molar-refractivity contribution in [1.82, 2.24) is 9.29 Å². The zero-order valence-electron chi connectivity index (χ0n) is 18.7. The number of anilines is 1. The number of carbonyl (C=O) groups is 1. The molecule has 0 saturated carbocycles. The lowest BCUT2D eigenvalue weighted by Gasteiger charge is -2.23. The van der Waals surface area contributed by atoms with Gasteiger partial charge in [-0.2, -0.15) is 4.31 Å². The fourth-order valence-electron chi connectivity index (χ4n) is 4.35. The Morgan fingerprint density at radius 2 is 1.72 bits per heavy atom. The maximum absolute atomic E-state index is 13.1. The van der Waals surface area contributed by atoms with Crippen LogP contribution >= 0.6 is 11.3 Å². The first-order valence-electron chi connectivity index (χ1n) is 10.6. The Kier molecular flexibility index (Phi) is 6.20. The molecule has 0 bridgehead atoms.